The van der Waals surface area contributed by atoms with Gasteiger partial charge in [0.1, 0.15) is 5.82 Å². The number of carbonyl (C=O) groups is 1. The number of benzene rings is 2. The zero-order valence-corrected chi connectivity index (χ0v) is 13.5. The summed E-state index contributed by atoms with van der Waals surface area (Å²) < 4.78 is 12.9. The molecule has 0 spiro atoms. The van der Waals surface area contributed by atoms with E-state index in [4.69, 9.17) is 0 Å². The van der Waals surface area contributed by atoms with Crippen molar-refractivity contribution in [1.29, 1.82) is 0 Å². The van der Waals surface area contributed by atoms with Gasteiger partial charge in [-0.15, -0.1) is 11.3 Å². The highest BCUT2D eigenvalue weighted by Gasteiger charge is 2.14. The van der Waals surface area contributed by atoms with E-state index < -0.39 is 0 Å². The largest absolute Gasteiger partial charge is 0.347 e. The number of halogens is 1. The quantitative estimate of drug-likeness (QED) is 0.734. The normalized spacial score (nSPS) is 10.5. The minimum atomic E-state index is -0.278. The van der Waals surface area contributed by atoms with Crippen molar-refractivity contribution in [2.45, 2.75) is 13.5 Å². The van der Waals surface area contributed by atoms with Crippen molar-refractivity contribution in [2.75, 3.05) is 0 Å². The molecular weight excluding hydrogens is 309 g/mol. The molecule has 0 aliphatic carbocycles. The van der Waals surface area contributed by atoms with E-state index in [1.165, 1.54) is 29.0 Å². The van der Waals surface area contributed by atoms with Gasteiger partial charge in [-0.3, -0.25) is 4.79 Å². The Bertz CT molecular complexity index is 806. The second kappa shape index (κ2) is 6.75. The third-order valence-electron chi connectivity index (χ3n) is 3.60. The molecule has 4 heteroatoms. The highest BCUT2D eigenvalue weighted by molar-refractivity contribution is 7.12. The first-order valence-electron chi connectivity index (χ1n) is 7.30. The summed E-state index contributed by atoms with van der Waals surface area (Å²) in [5, 5.41) is 4.81. The Morgan fingerprint density at radius 1 is 1.04 bits per heavy atom. The van der Waals surface area contributed by atoms with Crippen LogP contribution in [0.1, 0.15) is 20.8 Å². The van der Waals surface area contributed by atoms with Crippen molar-refractivity contribution in [3.8, 4) is 11.1 Å². The summed E-state index contributed by atoms with van der Waals surface area (Å²) in [5.74, 6) is -0.389. The van der Waals surface area contributed by atoms with E-state index in [0.29, 0.717) is 11.4 Å². The average Bonchev–Trinajstić information content (AvgIpc) is 3.04. The van der Waals surface area contributed by atoms with Crippen molar-refractivity contribution in [3.05, 3.63) is 81.8 Å². The van der Waals surface area contributed by atoms with Gasteiger partial charge in [-0.05, 0) is 41.6 Å². The average molecular weight is 325 g/mol. The van der Waals surface area contributed by atoms with Crippen LogP contribution in [0, 0.1) is 12.7 Å². The van der Waals surface area contributed by atoms with Crippen LogP contribution in [-0.4, -0.2) is 5.91 Å². The Labute approximate surface area is 138 Å². The molecule has 2 aromatic carbocycles. The molecule has 1 aromatic heterocycles. The third kappa shape index (κ3) is 3.66. The van der Waals surface area contributed by atoms with Gasteiger partial charge in [0.25, 0.3) is 5.91 Å². The summed E-state index contributed by atoms with van der Waals surface area (Å²) in [6.07, 6.45) is 0. The van der Waals surface area contributed by atoms with E-state index in [2.05, 4.69) is 5.32 Å². The molecule has 0 fully saturated rings. The van der Waals surface area contributed by atoms with Gasteiger partial charge in [-0.25, -0.2) is 4.39 Å². The van der Waals surface area contributed by atoms with Gasteiger partial charge in [-0.1, -0.05) is 42.0 Å². The number of hydrogen-bond donors (Lipinski definition) is 1. The van der Waals surface area contributed by atoms with Crippen molar-refractivity contribution >= 4 is 17.2 Å². The maximum Gasteiger partial charge on any atom is 0.262 e. The molecule has 116 valence electrons. The molecule has 0 bridgehead atoms. The molecule has 3 rings (SSSR count). The summed E-state index contributed by atoms with van der Waals surface area (Å²) in [7, 11) is 0. The number of rotatable bonds is 4. The van der Waals surface area contributed by atoms with E-state index >= 15 is 0 Å². The molecule has 0 aliphatic rings. The Morgan fingerprint density at radius 3 is 2.43 bits per heavy atom. The van der Waals surface area contributed by atoms with Crippen molar-refractivity contribution < 1.29 is 9.18 Å². The lowest BCUT2D eigenvalue weighted by Gasteiger charge is -2.07. The number of thiophene rings is 1. The van der Waals surface area contributed by atoms with Crippen LogP contribution in [0.5, 0.6) is 0 Å². The van der Waals surface area contributed by atoms with Gasteiger partial charge in [0, 0.05) is 12.1 Å². The van der Waals surface area contributed by atoms with Crippen LogP contribution in [0.2, 0.25) is 0 Å². The molecule has 1 N–H and O–H groups in total. The predicted molar refractivity (Wildman–Crippen MR) is 92.1 cm³/mol. The van der Waals surface area contributed by atoms with Crippen molar-refractivity contribution in [1.82, 2.24) is 5.32 Å². The fourth-order valence-electron chi connectivity index (χ4n) is 2.31. The minimum absolute atomic E-state index is 0.111. The monoisotopic (exact) mass is 325 g/mol. The minimum Gasteiger partial charge on any atom is -0.347 e. The lowest BCUT2D eigenvalue weighted by Crippen LogP contribution is -2.22. The first-order valence-corrected chi connectivity index (χ1v) is 8.18. The van der Waals surface area contributed by atoms with Crippen LogP contribution < -0.4 is 5.32 Å². The van der Waals surface area contributed by atoms with Gasteiger partial charge < -0.3 is 5.32 Å². The van der Waals surface area contributed by atoms with Gasteiger partial charge in [0.15, 0.2) is 0 Å². The molecule has 3 aromatic rings. The summed E-state index contributed by atoms with van der Waals surface area (Å²) in [5.41, 5.74) is 4.02. The first kappa shape index (κ1) is 15.4. The molecule has 0 aliphatic heterocycles. The highest BCUT2D eigenvalue weighted by atomic mass is 32.1. The maximum absolute atomic E-state index is 12.9. The highest BCUT2D eigenvalue weighted by Crippen LogP contribution is 2.28. The molecule has 0 saturated carbocycles. The number of nitrogens with one attached hydrogen (secondary N) is 1. The number of carbonyl (C=O) groups excluding carboxylic acids is 1. The molecule has 0 radical (unpaired) electrons. The van der Waals surface area contributed by atoms with Crippen molar-refractivity contribution in [2.24, 2.45) is 0 Å². The Morgan fingerprint density at radius 2 is 1.74 bits per heavy atom. The SMILES string of the molecule is Cc1ccc(-c2ccsc2C(=O)NCc2ccc(F)cc2)cc1. The number of amides is 1. The van der Waals surface area contributed by atoms with Crippen LogP contribution in [0.3, 0.4) is 0 Å². The predicted octanol–water partition coefficient (Wildman–Crippen LogP) is 4.79. The molecule has 23 heavy (non-hydrogen) atoms. The van der Waals surface area contributed by atoms with E-state index in [1.54, 1.807) is 12.1 Å². The maximum atomic E-state index is 12.9. The van der Waals surface area contributed by atoms with Gasteiger partial charge >= 0.3 is 0 Å². The Balaban J connectivity index is 1.74. The summed E-state index contributed by atoms with van der Waals surface area (Å²) >= 11 is 1.42. The van der Waals surface area contributed by atoms with E-state index in [0.717, 1.165) is 16.7 Å². The lowest BCUT2D eigenvalue weighted by molar-refractivity contribution is 0.0955. The molecule has 1 amide bonds. The molecule has 0 atom stereocenters. The van der Waals surface area contributed by atoms with Gasteiger partial charge in [-0.2, -0.15) is 0 Å². The molecule has 0 unspecified atom stereocenters. The first-order chi connectivity index (χ1) is 11.1. The van der Waals surface area contributed by atoms with Crippen LogP contribution in [0.15, 0.2) is 60.0 Å². The Hall–Kier alpha value is -2.46. The van der Waals surface area contributed by atoms with E-state index in [1.807, 2.05) is 42.6 Å². The zero-order valence-electron chi connectivity index (χ0n) is 12.7. The summed E-state index contributed by atoms with van der Waals surface area (Å²) in [6, 6.07) is 16.2. The molecule has 0 saturated heterocycles. The van der Waals surface area contributed by atoms with Crippen LogP contribution in [0.4, 0.5) is 4.39 Å². The third-order valence-corrected chi connectivity index (χ3v) is 4.51. The Kier molecular flexibility index (Phi) is 4.53. The molecule has 2 nitrogen and oxygen atoms in total. The molecule has 1 heterocycles. The van der Waals surface area contributed by atoms with Crippen LogP contribution in [0.25, 0.3) is 11.1 Å². The summed E-state index contributed by atoms with van der Waals surface area (Å²) in [6.45, 7) is 2.41. The smallest absolute Gasteiger partial charge is 0.262 e. The second-order valence-corrected chi connectivity index (χ2v) is 6.25. The number of aryl methyl sites for hydroxylation is 1. The fraction of sp³-hybridized carbons (Fsp3) is 0.105. The lowest BCUT2D eigenvalue weighted by atomic mass is 10.0. The van der Waals surface area contributed by atoms with E-state index in [9.17, 15) is 9.18 Å². The second-order valence-electron chi connectivity index (χ2n) is 5.34. The van der Waals surface area contributed by atoms with Gasteiger partial charge in [0.2, 0.25) is 0 Å². The molecular formula is C19H16FNOS. The number of hydrogen-bond acceptors (Lipinski definition) is 2. The van der Waals surface area contributed by atoms with Crippen LogP contribution in [-0.2, 0) is 6.54 Å². The summed E-state index contributed by atoms with van der Waals surface area (Å²) in [4.78, 5) is 13.1. The van der Waals surface area contributed by atoms with Crippen molar-refractivity contribution in [3.63, 3.8) is 0 Å². The topological polar surface area (TPSA) is 29.1 Å². The standard InChI is InChI=1S/C19H16FNOS/c1-13-2-6-15(7-3-13)17-10-11-23-18(17)19(22)21-12-14-4-8-16(20)9-5-14/h2-11H,12H2,1H3,(H,21,22). The van der Waals surface area contributed by atoms with Crippen LogP contribution >= 0.6 is 11.3 Å². The van der Waals surface area contributed by atoms with Gasteiger partial charge in [0.05, 0.1) is 4.88 Å². The van der Waals surface area contributed by atoms with E-state index in [-0.39, 0.29) is 11.7 Å². The zero-order chi connectivity index (χ0) is 16.2. The fourth-order valence-corrected chi connectivity index (χ4v) is 3.14.